The number of hydrogen-bond acceptors (Lipinski definition) is 1. The predicted octanol–water partition coefficient (Wildman–Crippen LogP) is 3.01. The Balaban J connectivity index is 2.09. The third-order valence-corrected chi connectivity index (χ3v) is 3.05. The maximum atomic E-state index is 12.2. The smallest absolute Gasteiger partial charge is 0.0934 e. The van der Waals surface area contributed by atoms with E-state index in [1.807, 2.05) is 12.1 Å². The van der Waals surface area contributed by atoms with Crippen LogP contribution in [0.5, 0.6) is 0 Å². The zero-order chi connectivity index (χ0) is 10.5. The van der Waals surface area contributed by atoms with Crippen LogP contribution < -0.4 is 5.32 Å². The fourth-order valence-electron chi connectivity index (χ4n) is 2.21. The summed E-state index contributed by atoms with van der Waals surface area (Å²) < 4.78 is 12.2. The first-order valence-electron chi connectivity index (χ1n) is 5.78. The van der Waals surface area contributed by atoms with Crippen molar-refractivity contribution in [3.63, 3.8) is 0 Å². The standard InChI is InChI=1S/C13H18FN/c14-8-7-11-4-3-5-12(10-11)13-6-1-2-9-15-13/h3-5,10,13,15H,1-2,6-9H2. The Hall–Kier alpha value is -0.890. The topological polar surface area (TPSA) is 12.0 Å². The third kappa shape index (κ3) is 2.78. The van der Waals surface area contributed by atoms with Crippen molar-refractivity contribution in [1.82, 2.24) is 5.32 Å². The lowest BCUT2D eigenvalue weighted by atomic mass is 9.96. The van der Waals surface area contributed by atoms with Gasteiger partial charge in [0.2, 0.25) is 0 Å². The predicted molar refractivity (Wildman–Crippen MR) is 60.7 cm³/mol. The zero-order valence-electron chi connectivity index (χ0n) is 9.01. The highest BCUT2D eigenvalue weighted by molar-refractivity contribution is 5.26. The number of alkyl halides is 1. The third-order valence-electron chi connectivity index (χ3n) is 3.05. The number of piperidine rings is 1. The molecular weight excluding hydrogens is 189 g/mol. The summed E-state index contributed by atoms with van der Waals surface area (Å²) in [5.74, 6) is 0. The Bertz CT molecular complexity index is 305. The fraction of sp³-hybridized carbons (Fsp3) is 0.538. The van der Waals surface area contributed by atoms with Crippen molar-refractivity contribution < 1.29 is 4.39 Å². The van der Waals surface area contributed by atoms with E-state index in [1.54, 1.807) is 0 Å². The molecule has 1 fully saturated rings. The average Bonchev–Trinajstić information content (AvgIpc) is 2.31. The minimum atomic E-state index is -0.262. The molecule has 1 nitrogen and oxygen atoms in total. The number of hydrogen-bond donors (Lipinski definition) is 1. The molecule has 0 saturated carbocycles. The van der Waals surface area contributed by atoms with Gasteiger partial charge in [0.15, 0.2) is 0 Å². The van der Waals surface area contributed by atoms with Crippen LogP contribution in [0.25, 0.3) is 0 Å². The number of rotatable bonds is 3. The molecule has 1 aliphatic heterocycles. The van der Waals surface area contributed by atoms with Crippen molar-refractivity contribution >= 4 is 0 Å². The summed E-state index contributed by atoms with van der Waals surface area (Å²) in [7, 11) is 0. The van der Waals surface area contributed by atoms with Crippen LogP contribution in [0.4, 0.5) is 4.39 Å². The van der Waals surface area contributed by atoms with Crippen molar-refractivity contribution in [2.24, 2.45) is 0 Å². The molecular formula is C13H18FN. The second-order valence-corrected chi connectivity index (χ2v) is 4.19. The molecule has 0 spiro atoms. The van der Waals surface area contributed by atoms with Gasteiger partial charge in [0.05, 0.1) is 6.67 Å². The van der Waals surface area contributed by atoms with Crippen molar-refractivity contribution in [3.8, 4) is 0 Å². The van der Waals surface area contributed by atoms with Gasteiger partial charge in [-0.05, 0) is 30.5 Å². The Morgan fingerprint density at radius 2 is 2.27 bits per heavy atom. The van der Waals surface area contributed by atoms with E-state index in [0.717, 1.165) is 12.1 Å². The molecule has 15 heavy (non-hydrogen) atoms. The Morgan fingerprint density at radius 3 is 3.00 bits per heavy atom. The molecule has 1 atom stereocenters. The highest BCUT2D eigenvalue weighted by Gasteiger charge is 2.14. The van der Waals surface area contributed by atoms with Crippen LogP contribution >= 0.6 is 0 Å². The molecule has 0 radical (unpaired) electrons. The van der Waals surface area contributed by atoms with Gasteiger partial charge in [-0.15, -0.1) is 0 Å². The minimum absolute atomic E-state index is 0.262. The summed E-state index contributed by atoms with van der Waals surface area (Å²) in [6, 6.07) is 8.81. The van der Waals surface area contributed by atoms with Gasteiger partial charge in [-0.1, -0.05) is 30.7 Å². The van der Waals surface area contributed by atoms with Gasteiger partial charge in [-0.25, -0.2) is 0 Å². The van der Waals surface area contributed by atoms with Gasteiger partial charge in [-0.2, -0.15) is 0 Å². The minimum Gasteiger partial charge on any atom is -0.310 e. The van der Waals surface area contributed by atoms with Crippen molar-refractivity contribution in [3.05, 3.63) is 35.4 Å². The van der Waals surface area contributed by atoms with Gasteiger partial charge in [0, 0.05) is 12.5 Å². The SMILES string of the molecule is FCCc1cccc(C2CCCCN2)c1. The first-order chi connectivity index (χ1) is 7.40. The molecule has 0 aliphatic carbocycles. The van der Waals surface area contributed by atoms with E-state index in [9.17, 15) is 4.39 Å². The Labute approximate surface area is 90.7 Å². The molecule has 0 amide bonds. The number of nitrogens with one attached hydrogen (secondary N) is 1. The normalized spacial score (nSPS) is 21.5. The van der Waals surface area contributed by atoms with Gasteiger partial charge >= 0.3 is 0 Å². The molecule has 0 aromatic heterocycles. The maximum absolute atomic E-state index is 12.2. The molecule has 1 aliphatic rings. The lowest BCUT2D eigenvalue weighted by molar-refractivity contribution is 0.412. The molecule has 2 heteroatoms. The van der Waals surface area contributed by atoms with Gasteiger partial charge < -0.3 is 5.32 Å². The highest BCUT2D eigenvalue weighted by atomic mass is 19.1. The summed E-state index contributed by atoms with van der Waals surface area (Å²) in [5, 5.41) is 3.51. The van der Waals surface area contributed by atoms with Crippen LogP contribution in [0.1, 0.15) is 36.4 Å². The van der Waals surface area contributed by atoms with Gasteiger partial charge in [0.1, 0.15) is 0 Å². The highest BCUT2D eigenvalue weighted by Crippen LogP contribution is 2.23. The largest absolute Gasteiger partial charge is 0.310 e. The fourth-order valence-corrected chi connectivity index (χ4v) is 2.21. The average molecular weight is 207 g/mol. The number of halogens is 1. The van der Waals surface area contributed by atoms with Crippen LogP contribution in [-0.2, 0) is 6.42 Å². The Morgan fingerprint density at radius 1 is 1.33 bits per heavy atom. The summed E-state index contributed by atoms with van der Waals surface area (Å²) in [4.78, 5) is 0. The number of benzene rings is 1. The molecule has 2 rings (SSSR count). The quantitative estimate of drug-likeness (QED) is 0.803. The summed E-state index contributed by atoms with van der Waals surface area (Å²) in [5.41, 5.74) is 2.43. The Kier molecular flexibility index (Phi) is 3.73. The van der Waals surface area contributed by atoms with Crippen molar-refractivity contribution in [1.29, 1.82) is 0 Å². The van der Waals surface area contributed by atoms with Crippen molar-refractivity contribution in [2.45, 2.75) is 31.7 Å². The molecule has 1 saturated heterocycles. The van der Waals surface area contributed by atoms with Crippen molar-refractivity contribution in [2.75, 3.05) is 13.2 Å². The lowest BCUT2D eigenvalue weighted by Crippen LogP contribution is -2.26. The van der Waals surface area contributed by atoms with Crippen LogP contribution in [0, 0.1) is 0 Å². The summed E-state index contributed by atoms with van der Waals surface area (Å²) >= 11 is 0. The van der Waals surface area contributed by atoms with Gasteiger partial charge in [0.25, 0.3) is 0 Å². The van der Waals surface area contributed by atoms with E-state index in [2.05, 4.69) is 17.4 Å². The summed E-state index contributed by atoms with van der Waals surface area (Å²) in [6.45, 7) is 0.847. The molecule has 0 bridgehead atoms. The van der Waals surface area contributed by atoms with Crippen LogP contribution in [-0.4, -0.2) is 13.2 Å². The molecule has 1 aromatic carbocycles. The zero-order valence-corrected chi connectivity index (χ0v) is 9.01. The number of aryl methyl sites for hydroxylation is 1. The summed E-state index contributed by atoms with van der Waals surface area (Å²) in [6.07, 6.45) is 4.32. The van der Waals surface area contributed by atoms with Gasteiger partial charge in [-0.3, -0.25) is 4.39 Å². The van der Waals surface area contributed by atoms with E-state index >= 15 is 0 Å². The van der Waals surface area contributed by atoms with E-state index in [4.69, 9.17) is 0 Å². The van der Waals surface area contributed by atoms with E-state index in [1.165, 1.54) is 24.8 Å². The van der Waals surface area contributed by atoms with Crippen LogP contribution in [0.3, 0.4) is 0 Å². The second-order valence-electron chi connectivity index (χ2n) is 4.19. The lowest BCUT2D eigenvalue weighted by Gasteiger charge is -2.24. The second kappa shape index (κ2) is 5.26. The van der Waals surface area contributed by atoms with Crippen LogP contribution in [0.2, 0.25) is 0 Å². The van der Waals surface area contributed by atoms with Crippen LogP contribution in [0.15, 0.2) is 24.3 Å². The molecule has 1 aromatic rings. The maximum Gasteiger partial charge on any atom is 0.0934 e. The molecule has 1 unspecified atom stereocenters. The molecule has 1 N–H and O–H groups in total. The molecule has 82 valence electrons. The van der Waals surface area contributed by atoms with E-state index in [-0.39, 0.29) is 6.67 Å². The molecule has 1 heterocycles. The first kappa shape index (κ1) is 10.6. The first-order valence-corrected chi connectivity index (χ1v) is 5.78. The van der Waals surface area contributed by atoms with E-state index < -0.39 is 0 Å². The van der Waals surface area contributed by atoms with E-state index in [0.29, 0.717) is 12.5 Å². The monoisotopic (exact) mass is 207 g/mol.